The summed E-state index contributed by atoms with van der Waals surface area (Å²) in [5.41, 5.74) is 6.92. The lowest BCUT2D eigenvalue weighted by Crippen LogP contribution is -1.99. The summed E-state index contributed by atoms with van der Waals surface area (Å²) < 4.78 is 5.30. The molecule has 21 heavy (non-hydrogen) atoms. The van der Waals surface area contributed by atoms with Crippen molar-refractivity contribution < 1.29 is 9.32 Å². The molecule has 0 atom stereocenters. The lowest BCUT2D eigenvalue weighted by Gasteiger charge is -2.03. The average Bonchev–Trinajstić information content (AvgIpc) is 2.92. The van der Waals surface area contributed by atoms with Gasteiger partial charge in [-0.05, 0) is 38.0 Å². The molecule has 0 saturated heterocycles. The second kappa shape index (κ2) is 4.99. The lowest BCUT2D eigenvalue weighted by molar-refractivity contribution is 0.104. The van der Waals surface area contributed by atoms with Gasteiger partial charge in [0.2, 0.25) is 0 Å². The van der Waals surface area contributed by atoms with Gasteiger partial charge in [0.1, 0.15) is 5.76 Å². The monoisotopic (exact) mass is 281 g/mol. The fraction of sp³-hybridized carbons (Fsp3) is 0.333. The van der Waals surface area contributed by atoms with Crippen LogP contribution in [0.3, 0.4) is 0 Å². The van der Waals surface area contributed by atoms with Gasteiger partial charge in [-0.2, -0.15) is 0 Å². The van der Waals surface area contributed by atoms with Crippen molar-refractivity contribution in [3.8, 4) is 0 Å². The molecule has 1 heterocycles. The molecule has 0 aliphatic heterocycles. The number of aromatic nitrogens is 1. The van der Waals surface area contributed by atoms with Crippen LogP contribution in [0.25, 0.3) is 6.08 Å². The molecular formula is C18H19NO2. The van der Waals surface area contributed by atoms with Crippen LogP contribution in [0.2, 0.25) is 0 Å². The third-order valence-corrected chi connectivity index (χ3v) is 4.08. The summed E-state index contributed by atoms with van der Waals surface area (Å²) in [7, 11) is 0. The van der Waals surface area contributed by atoms with Crippen LogP contribution in [-0.4, -0.2) is 10.9 Å². The molecule has 108 valence electrons. The Kier molecular flexibility index (Phi) is 3.28. The molecule has 0 radical (unpaired) electrons. The predicted octanol–water partition coefficient (Wildman–Crippen LogP) is 3.98. The number of rotatable bonds is 2. The van der Waals surface area contributed by atoms with Crippen molar-refractivity contribution in [2.75, 3.05) is 0 Å². The normalized spacial score (nSPS) is 15.8. The zero-order valence-corrected chi connectivity index (χ0v) is 12.9. The smallest absolute Gasteiger partial charge is 0.189 e. The van der Waals surface area contributed by atoms with Crippen molar-refractivity contribution in [1.29, 1.82) is 0 Å². The van der Waals surface area contributed by atoms with Crippen LogP contribution in [0, 0.1) is 20.8 Å². The van der Waals surface area contributed by atoms with Crippen LogP contribution < -0.4 is 0 Å². The minimum atomic E-state index is 0.144. The van der Waals surface area contributed by atoms with Gasteiger partial charge in [-0.15, -0.1) is 0 Å². The Labute approximate surface area is 124 Å². The molecule has 3 heteroatoms. The van der Waals surface area contributed by atoms with Gasteiger partial charge in [-0.1, -0.05) is 29.8 Å². The van der Waals surface area contributed by atoms with Crippen LogP contribution in [0.4, 0.5) is 0 Å². The van der Waals surface area contributed by atoms with Gasteiger partial charge in [-0.25, -0.2) is 0 Å². The molecule has 0 fully saturated rings. The van der Waals surface area contributed by atoms with Gasteiger partial charge in [-0.3, -0.25) is 4.79 Å². The van der Waals surface area contributed by atoms with Gasteiger partial charge < -0.3 is 4.52 Å². The van der Waals surface area contributed by atoms with Crippen molar-refractivity contribution >= 4 is 11.9 Å². The van der Waals surface area contributed by atoms with E-state index >= 15 is 0 Å². The number of fused-ring (bicyclic) bond motifs is 1. The number of Topliss-reactive ketones (excluding diaryl/α,β-unsaturated/α-hetero) is 1. The molecule has 1 aliphatic rings. The van der Waals surface area contributed by atoms with E-state index in [0.717, 1.165) is 45.7 Å². The quantitative estimate of drug-likeness (QED) is 0.782. The minimum absolute atomic E-state index is 0.144. The van der Waals surface area contributed by atoms with Crippen LogP contribution >= 0.6 is 0 Å². The Hall–Kier alpha value is -2.16. The SMILES string of the molecule is CCc1onc(C)c1/C=C1\Cc2cc(C)cc(C)c2C1=O. The maximum Gasteiger partial charge on any atom is 0.189 e. The number of nitrogens with zero attached hydrogens (tertiary/aromatic N) is 1. The highest BCUT2D eigenvalue weighted by atomic mass is 16.5. The maximum atomic E-state index is 12.6. The van der Waals surface area contributed by atoms with Crippen LogP contribution in [-0.2, 0) is 12.8 Å². The topological polar surface area (TPSA) is 43.1 Å². The fourth-order valence-corrected chi connectivity index (χ4v) is 3.12. The highest BCUT2D eigenvalue weighted by Crippen LogP contribution is 2.32. The molecule has 1 aromatic heterocycles. The molecule has 1 aliphatic carbocycles. The first-order valence-corrected chi connectivity index (χ1v) is 7.31. The Morgan fingerprint density at radius 2 is 2.05 bits per heavy atom. The Morgan fingerprint density at radius 3 is 2.76 bits per heavy atom. The third kappa shape index (κ3) is 2.23. The van der Waals surface area contributed by atoms with Gasteiger partial charge in [0.05, 0.1) is 5.69 Å². The number of hydrogen-bond donors (Lipinski definition) is 0. The number of hydrogen-bond acceptors (Lipinski definition) is 3. The standard InChI is InChI=1S/C18H19NO2/c1-5-16-15(12(4)19-21-16)9-14-8-13-7-10(2)6-11(3)17(13)18(14)20/h6-7,9H,5,8H2,1-4H3/b14-9+. The summed E-state index contributed by atoms with van der Waals surface area (Å²) in [4.78, 5) is 12.6. The largest absolute Gasteiger partial charge is 0.361 e. The van der Waals surface area contributed by atoms with E-state index in [2.05, 4.69) is 24.2 Å². The third-order valence-electron chi connectivity index (χ3n) is 4.08. The summed E-state index contributed by atoms with van der Waals surface area (Å²) in [5.74, 6) is 0.988. The summed E-state index contributed by atoms with van der Waals surface area (Å²) >= 11 is 0. The highest BCUT2D eigenvalue weighted by Gasteiger charge is 2.27. The van der Waals surface area contributed by atoms with Crippen LogP contribution in [0.1, 0.15) is 51.0 Å². The molecule has 0 saturated carbocycles. The summed E-state index contributed by atoms with van der Waals surface area (Å²) in [6, 6.07) is 4.18. The number of carbonyl (C=O) groups excluding carboxylic acids is 1. The minimum Gasteiger partial charge on any atom is -0.361 e. The van der Waals surface area contributed by atoms with Gasteiger partial charge in [0.15, 0.2) is 5.78 Å². The van der Waals surface area contributed by atoms with Crippen molar-refractivity contribution in [2.45, 2.75) is 40.5 Å². The summed E-state index contributed by atoms with van der Waals surface area (Å²) in [6.07, 6.45) is 3.44. The van der Waals surface area contributed by atoms with E-state index in [4.69, 9.17) is 4.52 Å². The number of allylic oxidation sites excluding steroid dienone is 1. The van der Waals surface area contributed by atoms with Gasteiger partial charge in [0, 0.05) is 29.5 Å². The zero-order valence-electron chi connectivity index (χ0n) is 12.9. The summed E-state index contributed by atoms with van der Waals surface area (Å²) in [5, 5.41) is 4.00. The van der Waals surface area contributed by atoms with E-state index in [0.29, 0.717) is 6.42 Å². The number of aryl methyl sites for hydroxylation is 4. The van der Waals surface area contributed by atoms with E-state index < -0.39 is 0 Å². The first kappa shape index (κ1) is 13.8. The van der Waals surface area contributed by atoms with E-state index in [1.54, 1.807) is 0 Å². The van der Waals surface area contributed by atoms with Crippen LogP contribution in [0.15, 0.2) is 22.2 Å². The predicted molar refractivity (Wildman–Crippen MR) is 82.5 cm³/mol. The first-order chi connectivity index (χ1) is 10.0. The van der Waals surface area contributed by atoms with E-state index in [-0.39, 0.29) is 5.78 Å². The lowest BCUT2D eigenvalue weighted by atomic mass is 10.0. The van der Waals surface area contributed by atoms with Crippen molar-refractivity contribution in [3.05, 3.63) is 57.0 Å². The number of ketones is 1. The first-order valence-electron chi connectivity index (χ1n) is 7.31. The molecule has 2 aromatic rings. The highest BCUT2D eigenvalue weighted by molar-refractivity contribution is 6.16. The summed E-state index contributed by atoms with van der Waals surface area (Å²) in [6.45, 7) is 8.02. The molecular weight excluding hydrogens is 262 g/mol. The van der Waals surface area contributed by atoms with Crippen molar-refractivity contribution in [3.63, 3.8) is 0 Å². The zero-order chi connectivity index (χ0) is 15.1. The van der Waals surface area contributed by atoms with Gasteiger partial charge in [0.25, 0.3) is 0 Å². The number of benzene rings is 1. The molecule has 1 aromatic carbocycles. The molecule has 0 unspecified atom stereocenters. The molecule has 3 nitrogen and oxygen atoms in total. The van der Waals surface area contributed by atoms with E-state index in [1.165, 1.54) is 5.56 Å². The molecule has 0 amide bonds. The van der Waals surface area contributed by atoms with Gasteiger partial charge >= 0.3 is 0 Å². The van der Waals surface area contributed by atoms with E-state index in [1.807, 2.05) is 26.8 Å². The Balaban J connectivity index is 2.07. The fourth-order valence-electron chi connectivity index (χ4n) is 3.12. The second-order valence-electron chi connectivity index (χ2n) is 5.75. The number of carbonyl (C=O) groups is 1. The molecule has 0 N–H and O–H groups in total. The van der Waals surface area contributed by atoms with E-state index in [9.17, 15) is 4.79 Å². The Morgan fingerprint density at radius 1 is 1.29 bits per heavy atom. The molecule has 3 rings (SSSR count). The average molecular weight is 281 g/mol. The van der Waals surface area contributed by atoms with Crippen LogP contribution in [0.5, 0.6) is 0 Å². The Bertz CT molecular complexity index is 766. The molecule has 0 bridgehead atoms. The van der Waals surface area contributed by atoms with Crippen molar-refractivity contribution in [2.24, 2.45) is 0 Å². The van der Waals surface area contributed by atoms with Crippen molar-refractivity contribution in [1.82, 2.24) is 5.16 Å². The molecule has 0 spiro atoms. The maximum absolute atomic E-state index is 12.6. The second-order valence-corrected chi connectivity index (χ2v) is 5.75.